The fourth-order valence-electron chi connectivity index (χ4n) is 3.65. The van der Waals surface area contributed by atoms with Crippen molar-refractivity contribution in [1.82, 2.24) is 9.78 Å². The number of nitrogens with two attached hydrogens (primary N) is 1. The lowest BCUT2D eigenvalue weighted by molar-refractivity contribution is 0.268. The molecule has 1 aliphatic carbocycles. The zero-order valence-electron chi connectivity index (χ0n) is 14.4. The van der Waals surface area contributed by atoms with Gasteiger partial charge in [-0.1, -0.05) is 27.7 Å². The Morgan fingerprint density at radius 3 is 2.33 bits per heavy atom. The molecule has 0 aliphatic heterocycles. The molecule has 2 N–H and O–H groups in total. The van der Waals surface area contributed by atoms with Gasteiger partial charge in [0.15, 0.2) is 0 Å². The lowest BCUT2D eigenvalue weighted by Gasteiger charge is -2.28. The Morgan fingerprint density at radius 2 is 1.81 bits per heavy atom. The fraction of sp³-hybridized carbons (Fsp3) is 0.833. The van der Waals surface area contributed by atoms with Crippen molar-refractivity contribution >= 4 is 0 Å². The van der Waals surface area contributed by atoms with E-state index in [-0.39, 0.29) is 6.04 Å². The van der Waals surface area contributed by atoms with Gasteiger partial charge in [0, 0.05) is 11.7 Å². The van der Waals surface area contributed by atoms with Gasteiger partial charge < -0.3 is 5.73 Å². The maximum absolute atomic E-state index is 6.22. The zero-order valence-corrected chi connectivity index (χ0v) is 14.4. The van der Waals surface area contributed by atoms with Gasteiger partial charge in [-0.15, -0.1) is 0 Å². The predicted molar refractivity (Wildman–Crippen MR) is 89.6 cm³/mol. The first-order chi connectivity index (χ1) is 10.1. The Morgan fingerprint density at radius 1 is 1.14 bits per heavy atom. The van der Waals surface area contributed by atoms with Crippen molar-refractivity contribution < 1.29 is 0 Å². The van der Waals surface area contributed by atoms with Crippen LogP contribution in [0.25, 0.3) is 0 Å². The molecule has 2 rings (SSSR count). The van der Waals surface area contributed by atoms with Gasteiger partial charge in [0.1, 0.15) is 0 Å². The average molecular weight is 291 g/mol. The van der Waals surface area contributed by atoms with Crippen molar-refractivity contribution in [1.29, 1.82) is 0 Å². The van der Waals surface area contributed by atoms with Crippen LogP contribution in [-0.4, -0.2) is 15.8 Å². The van der Waals surface area contributed by atoms with Gasteiger partial charge in [-0.3, -0.25) is 4.68 Å². The summed E-state index contributed by atoms with van der Waals surface area (Å²) in [6, 6.07) is 0.887. The minimum atomic E-state index is 0.268. The first kappa shape index (κ1) is 16.5. The molecule has 0 amide bonds. The molecule has 3 heteroatoms. The number of nitrogens with zero attached hydrogens (tertiary/aromatic N) is 2. The quantitative estimate of drug-likeness (QED) is 0.859. The normalized spacial score (nSPS) is 24.2. The monoisotopic (exact) mass is 291 g/mol. The number of hydrogen-bond donors (Lipinski definition) is 1. The summed E-state index contributed by atoms with van der Waals surface area (Å²) in [6.07, 6.45) is 9.40. The predicted octanol–water partition coefficient (Wildman–Crippen LogP) is 4.04. The van der Waals surface area contributed by atoms with Crippen LogP contribution in [0.2, 0.25) is 0 Å². The maximum atomic E-state index is 6.22. The second-order valence-corrected chi connectivity index (χ2v) is 6.81. The van der Waals surface area contributed by atoms with Gasteiger partial charge in [-0.05, 0) is 62.8 Å². The maximum Gasteiger partial charge on any atom is 0.0657 e. The van der Waals surface area contributed by atoms with Crippen molar-refractivity contribution in [2.24, 2.45) is 11.7 Å². The Bertz CT molecular complexity index is 442. The van der Waals surface area contributed by atoms with E-state index in [9.17, 15) is 0 Å². The molecule has 120 valence electrons. The highest BCUT2D eigenvalue weighted by Crippen LogP contribution is 2.34. The number of hydrogen-bond acceptors (Lipinski definition) is 2. The number of aromatic nitrogens is 2. The van der Waals surface area contributed by atoms with Gasteiger partial charge in [-0.25, -0.2) is 0 Å². The van der Waals surface area contributed by atoms with Crippen LogP contribution in [0, 0.1) is 5.92 Å². The summed E-state index contributed by atoms with van der Waals surface area (Å²) in [7, 11) is 0. The van der Waals surface area contributed by atoms with Crippen molar-refractivity contribution in [3.63, 3.8) is 0 Å². The lowest BCUT2D eigenvalue weighted by atomic mass is 9.87. The van der Waals surface area contributed by atoms with Gasteiger partial charge in [0.05, 0.1) is 11.7 Å². The van der Waals surface area contributed by atoms with E-state index in [1.807, 2.05) is 0 Å². The molecule has 3 nitrogen and oxygen atoms in total. The molecule has 1 heterocycles. The second-order valence-electron chi connectivity index (χ2n) is 6.81. The molecule has 1 unspecified atom stereocenters. The van der Waals surface area contributed by atoms with Crippen molar-refractivity contribution in [2.75, 3.05) is 0 Å². The SMILES string of the molecule is CCc1nn(C2CCC(C)CC2)c(CC)c1CC(N)CC. The highest BCUT2D eigenvalue weighted by Gasteiger charge is 2.25. The molecule has 1 fully saturated rings. The Balaban J connectivity index is 2.28. The van der Waals surface area contributed by atoms with Gasteiger partial charge in [0.25, 0.3) is 0 Å². The largest absolute Gasteiger partial charge is 0.327 e. The van der Waals surface area contributed by atoms with Crippen LogP contribution in [0.4, 0.5) is 0 Å². The first-order valence-corrected chi connectivity index (χ1v) is 8.95. The zero-order chi connectivity index (χ0) is 15.4. The van der Waals surface area contributed by atoms with Crippen LogP contribution in [0.15, 0.2) is 0 Å². The summed E-state index contributed by atoms with van der Waals surface area (Å²) in [5.74, 6) is 0.889. The summed E-state index contributed by atoms with van der Waals surface area (Å²) in [6.45, 7) is 9.04. The highest BCUT2D eigenvalue weighted by molar-refractivity contribution is 5.28. The summed E-state index contributed by atoms with van der Waals surface area (Å²) >= 11 is 0. The Hall–Kier alpha value is -0.830. The minimum absolute atomic E-state index is 0.268. The van der Waals surface area contributed by atoms with Crippen LogP contribution in [-0.2, 0) is 19.3 Å². The van der Waals surface area contributed by atoms with E-state index in [0.29, 0.717) is 6.04 Å². The topological polar surface area (TPSA) is 43.8 Å². The average Bonchev–Trinajstić information content (AvgIpc) is 2.85. The van der Waals surface area contributed by atoms with Crippen molar-refractivity contribution in [2.45, 2.75) is 91.1 Å². The molecule has 1 aromatic heterocycles. The molecule has 1 atom stereocenters. The van der Waals surface area contributed by atoms with E-state index in [2.05, 4.69) is 32.4 Å². The van der Waals surface area contributed by atoms with Crippen LogP contribution >= 0.6 is 0 Å². The third-order valence-electron chi connectivity index (χ3n) is 5.19. The van der Waals surface area contributed by atoms with Crippen LogP contribution < -0.4 is 5.73 Å². The summed E-state index contributed by atoms with van der Waals surface area (Å²) < 4.78 is 2.38. The third kappa shape index (κ3) is 3.68. The number of aryl methyl sites for hydroxylation is 1. The molecule has 0 aromatic carbocycles. The minimum Gasteiger partial charge on any atom is -0.327 e. The van der Waals surface area contributed by atoms with E-state index in [1.165, 1.54) is 42.6 Å². The Kier molecular flexibility index (Phi) is 5.86. The Labute approximate surface area is 130 Å². The summed E-state index contributed by atoms with van der Waals surface area (Å²) in [4.78, 5) is 0. The fourth-order valence-corrected chi connectivity index (χ4v) is 3.65. The lowest BCUT2D eigenvalue weighted by Crippen LogP contribution is -2.23. The smallest absolute Gasteiger partial charge is 0.0657 e. The third-order valence-corrected chi connectivity index (χ3v) is 5.19. The van der Waals surface area contributed by atoms with Crippen molar-refractivity contribution in [3.05, 3.63) is 17.0 Å². The van der Waals surface area contributed by atoms with Crippen LogP contribution in [0.3, 0.4) is 0 Å². The molecule has 0 saturated heterocycles. The molecule has 1 saturated carbocycles. The van der Waals surface area contributed by atoms with E-state index in [4.69, 9.17) is 10.8 Å². The van der Waals surface area contributed by atoms with E-state index in [0.717, 1.165) is 31.6 Å². The van der Waals surface area contributed by atoms with Gasteiger partial charge in [0.2, 0.25) is 0 Å². The number of rotatable bonds is 6. The second kappa shape index (κ2) is 7.44. The molecular weight excluding hydrogens is 258 g/mol. The van der Waals surface area contributed by atoms with Crippen molar-refractivity contribution in [3.8, 4) is 0 Å². The van der Waals surface area contributed by atoms with Crippen LogP contribution in [0.5, 0.6) is 0 Å². The van der Waals surface area contributed by atoms with Gasteiger partial charge >= 0.3 is 0 Å². The molecular formula is C18H33N3. The molecule has 0 bridgehead atoms. The van der Waals surface area contributed by atoms with E-state index < -0.39 is 0 Å². The standard InChI is InChI=1S/C18H33N3/c1-5-14(19)12-16-17(6-2)20-21(18(16)7-3)15-10-8-13(4)9-11-15/h13-15H,5-12,19H2,1-4H3. The molecule has 21 heavy (non-hydrogen) atoms. The van der Waals surface area contributed by atoms with Gasteiger partial charge in [-0.2, -0.15) is 5.10 Å². The summed E-state index contributed by atoms with van der Waals surface area (Å²) in [5, 5.41) is 5.00. The molecule has 0 spiro atoms. The molecule has 1 aromatic rings. The summed E-state index contributed by atoms with van der Waals surface area (Å²) in [5.41, 5.74) is 10.4. The van der Waals surface area contributed by atoms with E-state index in [1.54, 1.807) is 0 Å². The highest BCUT2D eigenvalue weighted by atomic mass is 15.3. The first-order valence-electron chi connectivity index (χ1n) is 8.95. The molecule has 1 aliphatic rings. The van der Waals surface area contributed by atoms with Crippen LogP contribution in [0.1, 0.15) is 82.8 Å². The molecule has 0 radical (unpaired) electrons. The van der Waals surface area contributed by atoms with E-state index >= 15 is 0 Å².